The molecule has 0 spiro atoms. The highest BCUT2D eigenvalue weighted by molar-refractivity contribution is 5.85. The predicted molar refractivity (Wildman–Crippen MR) is 67.3 cm³/mol. The van der Waals surface area contributed by atoms with Gasteiger partial charge >= 0.3 is 6.09 Å². The molecule has 0 saturated carbocycles. The second-order valence-electron chi connectivity index (χ2n) is 4.80. The molecule has 0 atom stereocenters. The number of carbonyl (C=O) groups is 1. The first-order valence-electron chi connectivity index (χ1n) is 5.39. The Morgan fingerprint density at radius 2 is 1.94 bits per heavy atom. The molecule has 17 heavy (non-hydrogen) atoms. The van der Waals surface area contributed by atoms with Crippen molar-refractivity contribution >= 4 is 11.8 Å². The summed E-state index contributed by atoms with van der Waals surface area (Å²) in [5.41, 5.74) is 0.630. The van der Waals surface area contributed by atoms with E-state index >= 15 is 0 Å². The van der Waals surface area contributed by atoms with Crippen LogP contribution in [-0.2, 0) is 4.74 Å². The molecular formula is C13H17NO3. The zero-order valence-electron chi connectivity index (χ0n) is 10.5. The second-order valence-corrected chi connectivity index (χ2v) is 4.80. The van der Waals surface area contributed by atoms with Crippen molar-refractivity contribution in [3.05, 3.63) is 40.1 Å². The number of nitrogens with one attached hydrogen (secondary N) is 1. The number of anilines is 1. The van der Waals surface area contributed by atoms with Gasteiger partial charge in [-0.25, -0.2) is 4.79 Å². The Morgan fingerprint density at radius 3 is 2.53 bits per heavy atom. The van der Waals surface area contributed by atoms with Crippen LogP contribution >= 0.6 is 0 Å². The smallest absolute Gasteiger partial charge is 0.412 e. The Balaban J connectivity index is 2.87. The predicted octanol–water partition coefficient (Wildman–Crippen LogP) is 2.70. The lowest BCUT2D eigenvalue weighted by atomic mass is 10.2. The Bertz CT molecular complexity index is 475. The van der Waals surface area contributed by atoms with E-state index in [0.29, 0.717) is 11.3 Å². The van der Waals surface area contributed by atoms with Gasteiger partial charge in [0.25, 0.3) is 0 Å². The van der Waals surface area contributed by atoms with E-state index in [2.05, 4.69) is 5.32 Å². The topological polar surface area (TPSA) is 55.4 Å². The highest BCUT2D eigenvalue weighted by atomic mass is 16.6. The van der Waals surface area contributed by atoms with Crippen LogP contribution in [0.2, 0.25) is 0 Å². The molecule has 0 aromatic heterocycles. The Hall–Kier alpha value is -1.84. The van der Waals surface area contributed by atoms with Crippen LogP contribution in [0.1, 0.15) is 26.3 Å². The molecule has 4 nitrogen and oxygen atoms in total. The molecule has 0 unspecified atom stereocenters. The maximum atomic E-state index is 11.6. The summed E-state index contributed by atoms with van der Waals surface area (Å²) in [5.74, 6) is 0. The van der Waals surface area contributed by atoms with E-state index in [-0.39, 0.29) is 5.43 Å². The van der Waals surface area contributed by atoms with E-state index in [1.54, 1.807) is 39.8 Å². The fraction of sp³-hybridized carbons (Fsp3) is 0.385. The van der Waals surface area contributed by atoms with Crippen LogP contribution in [0.3, 0.4) is 0 Å². The molecule has 0 heterocycles. The number of rotatable bonds is 1. The first kappa shape index (κ1) is 13.2. The Labute approximate surface area is 101 Å². The monoisotopic (exact) mass is 235 g/mol. The molecule has 1 aromatic rings. The fourth-order valence-electron chi connectivity index (χ4n) is 1.26. The summed E-state index contributed by atoms with van der Waals surface area (Å²) >= 11 is 0. The molecule has 0 radical (unpaired) electrons. The molecule has 4 heteroatoms. The minimum Gasteiger partial charge on any atom is -0.444 e. The van der Waals surface area contributed by atoms with Gasteiger partial charge in [-0.2, -0.15) is 0 Å². The highest BCUT2D eigenvalue weighted by Gasteiger charge is 2.16. The van der Waals surface area contributed by atoms with Crippen LogP contribution in [0.15, 0.2) is 29.1 Å². The summed E-state index contributed by atoms with van der Waals surface area (Å²) in [6.07, 6.45) is -0.528. The second kappa shape index (κ2) is 4.99. The maximum Gasteiger partial charge on any atom is 0.412 e. The van der Waals surface area contributed by atoms with Crippen molar-refractivity contribution in [1.82, 2.24) is 0 Å². The van der Waals surface area contributed by atoms with Crippen LogP contribution in [0.5, 0.6) is 0 Å². The average molecular weight is 235 g/mol. The van der Waals surface area contributed by atoms with Crippen LogP contribution in [0.4, 0.5) is 10.5 Å². The summed E-state index contributed by atoms with van der Waals surface area (Å²) < 4.78 is 5.13. The van der Waals surface area contributed by atoms with E-state index in [4.69, 9.17) is 4.74 Å². The van der Waals surface area contributed by atoms with E-state index in [9.17, 15) is 9.59 Å². The number of ether oxygens (including phenoxy) is 1. The summed E-state index contributed by atoms with van der Waals surface area (Å²) in [5, 5.41) is 2.61. The van der Waals surface area contributed by atoms with Crippen LogP contribution in [-0.4, -0.2) is 11.7 Å². The van der Waals surface area contributed by atoms with Crippen molar-refractivity contribution in [3.63, 3.8) is 0 Å². The van der Waals surface area contributed by atoms with Crippen molar-refractivity contribution in [2.45, 2.75) is 33.3 Å². The average Bonchev–Trinajstić information content (AvgIpc) is 2.25. The van der Waals surface area contributed by atoms with E-state index in [0.717, 1.165) is 0 Å². The van der Waals surface area contributed by atoms with Crippen molar-refractivity contribution in [3.8, 4) is 0 Å². The van der Waals surface area contributed by atoms with Gasteiger partial charge in [0.1, 0.15) is 5.60 Å². The number of hydrogen-bond donors (Lipinski definition) is 1. The van der Waals surface area contributed by atoms with E-state index < -0.39 is 11.7 Å². The zero-order chi connectivity index (χ0) is 13.1. The molecule has 0 bridgehead atoms. The van der Waals surface area contributed by atoms with Gasteiger partial charge in [-0.15, -0.1) is 0 Å². The summed E-state index contributed by atoms with van der Waals surface area (Å²) in [6, 6.07) is 6.17. The Kier molecular flexibility index (Phi) is 3.89. The van der Waals surface area contributed by atoms with E-state index in [1.807, 2.05) is 0 Å². The zero-order valence-corrected chi connectivity index (χ0v) is 10.5. The first-order chi connectivity index (χ1) is 7.78. The molecule has 0 aliphatic carbocycles. The number of hydrogen-bond acceptors (Lipinski definition) is 3. The van der Waals surface area contributed by atoms with Crippen molar-refractivity contribution in [2.24, 2.45) is 0 Å². The van der Waals surface area contributed by atoms with Crippen LogP contribution in [0.25, 0.3) is 0 Å². The maximum absolute atomic E-state index is 11.6. The third-order valence-electron chi connectivity index (χ3n) is 1.94. The third-order valence-corrected chi connectivity index (χ3v) is 1.94. The van der Waals surface area contributed by atoms with Gasteiger partial charge in [0.2, 0.25) is 0 Å². The summed E-state index contributed by atoms with van der Waals surface area (Å²) in [6.45, 7) is 7.13. The normalized spacial score (nSPS) is 10.8. The standard InChI is InChI=1S/C13H17NO3/c1-9-8-10(15)6-5-7-11(9)14-12(16)17-13(2,3)4/h5-8H,1-4H3,(H,14,16). The molecule has 0 saturated heterocycles. The number of amides is 1. The summed E-state index contributed by atoms with van der Waals surface area (Å²) in [7, 11) is 0. The molecule has 92 valence electrons. The lowest BCUT2D eigenvalue weighted by molar-refractivity contribution is 0.0636. The number of carbonyl (C=O) groups excluding carboxylic acids is 1. The SMILES string of the molecule is Cc1cc(=O)cccc1NC(=O)OC(C)(C)C. The van der Waals surface area contributed by atoms with Gasteiger partial charge in [0, 0.05) is 5.69 Å². The molecule has 1 rings (SSSR count). The molecule has 0 fully saturated rings. The van der Waals surface area contributed by atoms with Gasteiger partial charge in [-0.3, -0.25) is 10.1 Å². The lowest BCUT2D eigenvalue weighted by Crippen LogP contribution is -2.27. The molecule has 0 aliphatic heterocycles. The minimum absolute atomic E-state index is 0.0975. The van der Waals surface area contributed by atoms with E-state index in [1.165, 1.54) is 12.1 Å². The molecule has 1 N–H and O–H groups in total. The van der Waals surface area contributed by atoms with Crippen LogP contribution < -0.4 is 10.7 Å². The Morgan fingerprint density at radius 1 is 1.29 bits per heavy atom. The van der Waals surface area contributed by atoms with Gasteiger partial charge < -0.3 is 4.74 Å². The van der Waals surface area contributed by atoms with Crippen molar-refractivity contribution < 1.29 is 9.53 Å². The van der Waals surface area contributed by atoms with Crippen molar-refractivity contribution in [2.75, 3.05) is 5.32 Å². The molecule has 0 aliphatic rings. The first-order valence-corrected chi connectivity index (χ1v) is 5.39. The minimum atomic E-state index is -0.543. The third kappa shape index (κ3) is 4.68. The lowest BCUT2D eigenvalue weighted by Gasteiger charge is -2.19. The van der Waals surface area contributed by atoms with Gasteiger partial charge in [0.15, 0.2) is 5.43 Å². The largest absolute Gasteiger partial charge is 0.444 e. The van der Waals surface area contributed by atoms with Gasteiger partial charge in [-0.05, 0) is 51.5 Å². The van der Waals surface area contributed by atoms with Crippen LogP contribution in [0, 0.1) is 6.92 Å². The van der Waals surface area contributed by atoms with Gasteiger partial charge in [0.05, 0.1) is 0 Å². The highest BCUT2D eigenvalue weighted by Crippen LogP contribution is 2.13. The summed E-state index contributed by atoms with van der Waals surface area (Å²) in [4.78, 5) is 22.8. The number of aryl methyl sites for hydroxylation is 1. The van der Waals surface area contributed by atoms with Crippen molar-refractivity contribution in [1.29, 1.82) is 0 Å². The molecule has 1 aromatic carbocycles. The molecular weight excluding hydrogens is 218 g/mol. The quantitative estimate of drug-likeness (QED) is 0.814. The fourth-order valence-corrected chi connectivity index (χ4v) is 1.26. The molecule has 1 amide bonds. The van der Waals surface area contributed by atoms with Gasteiger partial charge in [-0.1, -0.05) is 6.07 Å².